The van der Waals surface area contributed by atoms with E-state index in [1.54, 1.807) is 18.3 Å². The fourth-order valence-corrected chi connectivity index (χ4v) is 5.24. The van der Waals surface area contributed by atoms with Gasteiger partial charge >= 0.3 is 0 Å². The topological polar surface area (TPSA) is 91.6 Å². The number of H-pyrrole nitrogens is 1. The summed E-state index contributed by atoms with van der Waals surface area (Å²) in [4.78, 5) is 11.7. The van der Waals surface area contributed by atoms with Gasteiger partial charge in [-0.05, 0) is 43.6 Å². The lowest BCUT2D eigenvalue weighted by Gasteiger charge is -2.39. The molecule has 2 aliphatic heterocycles. The number of imidazole rings is 1. The molecule has 5 heterocycles. The second-order valence-corrected chi connectivity index (χ2v) is 9.33. The number of aliphatic hydroxyl groups is 1. The summed E-state index contributed by atoms with van der Waals surface area (Å²) >= 11 is 0. The fourth-order valence-electron chi connectivity index (χ4n) is 5.24. The highest BCUT2D eigenvalue weighted by Gasteiger charge is 2.41. The summed E-state index contributed by atoms with van der Waals surface area (Å²) in [5.41, 5.74) is 2.46. The van der Waals surface area contributed by atoms with E-state index < -0.39 is 5.82 Å². The van der Waals surface area contributed by atoms with Gasteiger partial charge in [-0.1, -0.05) is 18.1 Å². The molecule has 0 radical (unpaired) electrons. The molecule has 174 valence electrons. The van der Waals surface area contributed by atoms with Gasteiger partial charge in [-0.2, -0.15) is 10.1 Å². The van der Waals surface area contributed by atoms with Crippen LogP contribution < -0.4 is 4.90 Å². The molecule has 1 spiro atoms. The number of piperidine rings is 1. The van der Waals surface area contributed by atoms with Crippen LogP contribution in [0.25, 0.3) is 16.7 Å². The Morgan fingerprint density at radius 3 is 2.91 bits per heavy atom. The van der Waals surface area contributed by atoms with Crippen LogP contribution in [-0.2, 0) is 11.3 Å². The van der Waals surface area contributed by atoms with Gasteiger partial charge in [-0.25, -0.2) is 9.37 Å². The third-order valence-electron chi connectivity index (χ3n) is 7.10. The number of anilines is 1. The molecule has 4 aromatic rings. The minimum Gasteiger partial charge on any atom is -0.392 e. The number of aromatic nitrogens is 5. The highest BCUT2D eigenvalue weighted by molar-refractivity contribution is 5.94. The first-order chi connectivity index (χ1) is 16.6. The minimum atomic E-state index is -0.520. The predicted molar refractivity (Wildman–Crippen MR) is 125 cm³/mol. The van der Waals surface area contributed by atoms with E-state index in [1.807, 2.05) is 10.6 Å². The zero-order chi connectivity index (χ0) is 23.3. The summed E-state index contributed by atoms with van der Waals surface area (Å²) in [6.07, 6.45) is 7.25. The molecule has 1 atom stereocenters. The average Bonchev–Trinajstić information content (AvgIpc) is 3.57. The number of fused-ring (bicyclic) bond motifs is 3. The summed E-state index contributed by atoms with van der Waals surface area (Å²) < 4.78 is 22.3. The van der Waals surface area contributed by atoms with Crippen molar-refractivity contribution in [3.05, 3.63) is 53.2 Å². The van der Waals surface area contributed by atoms with Crippen LogP contribution in [0.2, 0.25) is 0 Å². The van der Waals surface area contributed by atoms with Crippen molar-refractivity contribution in [1.29, 1.82) is 0 Å². The van der Waals surface area contributed by atoms with Crippen LogP contribution in [0.1, 0.15) is 43.0 Å². The molecule has 2 N–H and O–H groups in total. The first-order valence-corrected chi connectivity index (χ1v) is 11.5. The van der Waals surface area contributed by atoms with E-state index in [1.165, 1.54) is 6.07 Å². The SMILES string of the molecule is C[C@H]1CC2(CCN(c3nc4[nH]nc(C#Cc5cccc(CO)c5F)c4c4nccn34)CC2)CO1. The second kappa shape index (κ2) is 8.08. The lowest BCUT2D eigenvalue weighted by atomic mass is 9.77. The van der Waals surface area contributed by atoms with Crippen molar-refractivity contribution in [2.45, 2.75) is 38.9 Å². The maximum atomic E-state index is 14.5. The smallest absolute Gasteiger partial charge is 0.213 e. The molecule has 0 saturated carbocycles. The zero-order valence-electron chi connectivity index (χ0n) is 18.9. The Labute approximate surface area is 195 Å². The minimum absolute atomic E-state index is 0.207. The molecule has 2 aliphatic rings. The maximum Gasteiger partial charge on any atom is 0.213 e. The number of hydrogen-bond acceptors (Lipinski definition) is 6. The van der Waals surface area contributed by atoms with Crippen LogP contribution in [0, 0.1) is 23.1 Å². The number of aromatic amines is 1. The van der Waals surface area contributed by atoms with Gasteiger partial charge in [0.2, 0.25) is 5.95 Å². The molecule has 2 fully saturated rings. The van der Waals surface area contributed by atoms with Crippen LogP contribution >= 0.6 is 0 Å². The number of nitrogens with one attached hydrogen (secondary N) is 1. The van der Waals surface area contributed by atoms with E-state index in [2.05, 4.69) is 38.8 Å². The Bertz CT molecular complexity index is 1440. The number of halogens is 1. The molecule has 0 aliphatic carbocycles. The number of nitrogens with zero attached hydrogens (tertiary/aromatic N) is 5. The number of ether oxygens (including phenoxy) is 1. The van der Waals surface area contributed by atoms with Crippen molar-refractivity contribution in [3.63, 3.8) is 0 Å². The molecular formula is C25H25FN6O2. The Balaban J connectivity index is 1.35. The lowest BCUT2D eigenvalue weighted by Crippen LogP contribution is -2.41. The number of rotatable bonds is 2. The Kier molecular flexibility index (Phi) is 5.01. The van der Waals surface area contributed by atoms with E-state index >= 15 is 0 Å². The van der Waals surface area contributed by atoms with Crippen LogP contribution in [0.4, 0.5) is 10.3 Å². The Morgan fingerprint density at radius 1 is 1.29 bits per heavy atom. The van der Waals surface area contributed by atoms with E-state index in [9.17, 15) is 9.50 Å². The second-order valence-electron chi connectivity index (χ2n) is 9.33. The fraction of sp³-hybridized carbons (Fsp3) is 0.400. The third-order valence-corrected chi connectivity index (χ3v) is 7.10. The van der Waals surface area contributed by atoms with E-state index in [4.69, 9.17) is 9.72 Å². The Hall–Kier alpha value is -3.48. The number of benzene rings is 1. The normalized spacial score (nSPS) is 19.7. The molecule has 0 unspecified atom stereocenters. The monoisotopic (exact) mass is 460 g/mol. The molecule has 0 amide bonds. The molecule has 8 nitrogen and oxygen atoms in total. The van der Waals surface area contributed by atoms with Crippen molar-refractivity contribution in [3.8, 4) is 11.8 Å². The summed E-state index contributed by atoms with van der Waals surface area (Å²) in [7, 11) is 0. The standard InChI is InChI=1S/C25H25FN6O2/c1-16-13-25(15-34-16)7-10-31(11-8-25)24-28-22-20(23-27-9-12-32(23)24)19(29-30-22)6-5-17-3-2-4-18(14-33)21(17)26/h2-4,9,12,16,33H,7-8,10-11,13-15H2,1H3,(H,29,30)/t16-/m0/s1. The predicted octanol–water partition coefficient (Wildman–Crippen LogP) is 3.03. The van der Waals surface area contributed by atoms with Gasteiger partial charge in [0.1, 0.15) is 11.5 Å². The van der Waals surface area contributed by atoms with Gasteiger partial charge in [-0.15, -0.1) is 0 Å². The van der Waals surface area contributed by atoms with E-state index in [-0.39, 0.29) is 23.1 Å². The van der Waals surface area contributed by atoms with E-state index in [0.29, 0.717) is 28.5 Å². The summed E-state index contributed by atoms with van der Waals surface area (Å²) in [5.74, 6) is 6.11. The third kappa shape index (κ3) is 3.42. The lowest BCUT2D eigenvalue weighted by molar-refractivity contribution is 0.0975. The van der Waals surface area contributed by atoms with Crippen LogP contribution in [-0.4, -0.2) is 55.5 Å². The van der Waals surface area contributed by atoms with Gasteiger partial charge in [0.25, 0.3) is 0 Å². The highest BCUT2D eigenvalue weighted by atomic mass is 19.1. The molecule has 3 aromatic heterocycles. The summed E-state index contributed by atoms with van der Waals surface area (Å²) in [6, 6.07) is 4.78. The van der Waals surface area contributed by atoms with Gasteiger partial charge in [0.15, 0.2) is 11.3 Å². The van der Waals surface area contributed by atoms with Gasteiger partial charge in [-0.3, -0.25) is 9.50 Å². The molecule has 1 aromatic carbocycles. The first-order valence-electron chi connectivity index (χ1n) is 11.5. The highest BCUT2D eigenvalue weighted by Crippen LogP contribution is 2.42. The number of aliphatic hydroxyl groups excluding tert-OH is 1. The quantitative estimate of drug-likeness (QED) is 0.447. The van der Waals surface area contributed by atoms with Gasteiger partial charge in [0, 0.05) is 31.0 Å². The molecule has 0 bridgehead atoms. The van der Waals surface area contributed by atoms with Crippen LogP contribution in [0.5, 0.6) is 0 Å². The van der Waals surface area contributed by atoms with E-state index in [0.717, 1.165) is 44.9 Å². The van der Waals surface area contributed by atoms with Crippen molar-refractivity contribution in [2.24, 2.45) is 5.41 Å². The number of hydrogen-bond donors (Lipinski definition) is 2. The van der Waals surface area contributed by atoms with Crippen LogP contribution in [0.3, 0.4) is 0 Å². The molecular weight excluding hydrogens is 435 g/mol. The molecule has 9 heteroatoms. The van der Waals surface area contributed by atoms with Crippen LogP contribution in [0.15, 0.2) is 30.6 Å². The molecule has 34 heavy (non-hydrogen) atoms. The van der Waals surface area contributed by atoms with Gasteiger partial charge in [0.05, 0.1) is 30.3 Å². The molecule has 2 saturated heterocycles. The largest absolute Gasteiger partial charge is 0.392 e. The van der Waals surface area contributed by atoms with Crippen molar-refractivity contribution in [2.75, 3.05) is 24.6 Å². The maximum absolute atomic E-state index is 14.5. The van der Waals surface area contributed by atoms with Crippen molar-refractivity contribution < 1.29 is 14.2 Å². The average molecular weight is 461 g/mol. The zero-order valence-corrected chi connectivity index (χ0v) is 18.9. The molecule has 6 rings (SSSR count). The van der Waals surface area contributed by atoms with Gasteiger partial charge < -0.3 is 14.7 Å². The van der Waals surface area contributed by atoms with Crippen molar-refractivity contribution >= 4 is 22.6 Å². The first kappa shape index (κ1) is 21.1. The summed E-state index contributed by atoms with van der Waals surface area (Å²) in [6.45, 7) is 4.44. The van der Waals surface area contributed by atoms with Crippen molar-refractivity contribution in [1.82, 2.24) is 24.6 Å². The summed E-state index contributed by atoms with van der Waals surface area (Å²) in [5, 5.41) is 17.3. The Morgan fingerprint density at radius 2 is 2.15 bits per heavy atom.